The summed E-state index contributed by atoms with van der Waals surface area (Å²) in [4.78, 5) is 12.8. The Morgan fingerprint density at radius 2 is 1.63 bits per heavy atom. The van der Waals surface area contributed by atoms with Gasteiger partial charge in [0.25, 0.3) is 0 Å². The van der Waals surface area contributed by atoms with E-state index in [9.17, 15) is 17.6 Å². The van der Waals surface area contributed by atoms with Crippen molar-refractivity contribution in [1.29, 1.82) is 0 Å². The minimum atomic E-state index is -3.89. The van der Waals surface area contributed by atoms with Gasteiger partial charge in [0.05, 0.1) is 11.9 Å². The molecule has 27 heavy (non-hydrogen) atoms. The van der Waals surface area contributed by atoms with Gasteiger partial charge in [0.1, 0.15) is 11.9 Å². The number of halogens is 1. The van der Waals surface area contributed by atoms with Gasteiger partial charge >= 0.3 is 0 Å². The van der Waals surface area contributed by atoms with Crippen molar-refractivity contribution in [3.05, 3.63) is 72.5 Å². The van der Waals surface area contributed by atoms with Crippen molar-refractivity contribution in [3.8, 4) is 0 Å². The maximum absolute atomic E-state index is 14.2. The zero-order valence-electron chi connectivity index (χ0n) is 14.9. The Hall–Kier alpha value is -2.93. The molecule has 0 aliphatic carbocycles. The number of hydrogen-bond donors (Lipinski definition) is 1. The molecule has 3 aromatic rings. The minimum Gasteiger partial charge on any atom is -0.324 e. The SMILES string of the molecule is C[C@H](C(=O)Nc1cccc2ccccc12)N(c1ccccc1F)S(C)(=O)=O. The Bertz CT molecular complexity index is 1090. The van der Waals surface area contributed by atoms with Crippen LogP contribution in [0.5, 0.6) is 0 Å². The molecule has 0 saturated heterocycles. The number of para-hydroxylation sites is 1. The lowest BCUT2D eigenvalue weighted by Gasteiger charge is -2.28. The molecular formula is C20H19FN2O3S. The number of fused-ring (bicyclic) bond motifs is 1. The van der Waals surface area contributed by atoms with Gasteiger partial charge in [-0.3, -0.25) is 9.10 Å². The van der Waals surface area contributed by atoms with Crippen LogP contribution in [-0.4, -0.2) is 26.6 Å². The maximum Gasteiger partial charge on any atom is 0.248 e. The first kappa shape index (κ1) is 18.8. The standard InChI is InChI=1S/C20H19FN2O3S/c1-14(23(27(2,25)26)19-13-6-5-11-17(19)21)20(24)22-18-12-7-9-15-8-3-4-10-16(15)18/h3-14H,1-2H3,(H,22,24)/t14-/m1/s1. The van der Waals surface area contributed by atoms with Gasteiger partial charge in [-0.25, -0.2) is 12.8 Å². The summed E-state index contributed by atoms with van der Waals surface area (Å²) < 4.78 is 39.5. The Balaban J connectivity index is 1.96. The second kappa shape index (κ2) is 7.36. The Kier molecular flexibility index (Phi) is 5.14. The fraction of sp³-hybridized carbons (Fsp3) is 0.150. The number of carbonyl (C=O) groups excluding carboxylic acids is 1. The molecule has 0 fully saturated rings. The molecule has 0 saturated carbocycles. The molecule has 0 heterocycles. The van der Waals surface area contributed by atoms with E-state index in [4.69, 9.17) is 0 Å². The van der Waals surface area contributed by atoms with Gasteiger partial charge in [-0.1, -0.05) is 48.5 Å². The van der Waals surface area contributed by atoms with Crippen molar-refractivity contribution in [3.63, 3.8) is 0 Å². The van der Waals surface area contributed by atoms with Gasteiger partial charge in [0.15, 0.2) is 0 Å². The van der Waals surface area contributed by atoms with E-state index in [2.05, 4.69) is 5.32 Å². The number of benzene rings is 3. The summed E-state index contributed by atoms with van der Waals surface area (Å²) in [6, 6.07) is 17.3. The van der Waals surface area contributed by atoms with Crippen LogP contribution in [0.2, 0.25) is 0 Å². The van der Waals surface area contributed by atoms with Crippen molar-refractivity contribution >= 4 is 38.1 Å². The molecule has 7 heteroatoms. The van der Waals surface area contributed by atoms with E-state index >= 15 is 0 Å². The van der Waals surface area contributed by atoms with E-state index in [1.54, 1.807) is 12.1 Å². The number of carbonyl (C=O) groups is 1. The second-order valence-corrected chi connectivity index (χ2v) is 8.06. The summed E-state index contributed by atoms with van der Waals surface area (Å²) >= 11 is 0. The first-order valence-corrected chi connectivity index (χ1v) is 10.2. The molecule has 0 aromatic heterocycles. The van der Waals surface area contributed by atoms with Crippen molar-refractivity contribution in [1.82, 2.24) is 0 Å². The second-order valence-electron chi connectivity index (χ2n) is 6.20. The molecule has 0 spiro atoms. The zero-order chi connectivity index (χ0) is 19.6. The Morgan fingerprint density at radius 3 is 2.33 bits per heavy atom. The number of rotatable bonds is 5. The summed E-state index contributed by atoms with van der Waals surface area (Å²) in [5.41, 5.74) is 0.396. The quantitative estimate of drug-likeness (QED) is 0.726. The van der Waals surface area contributed by atoms with Crippen LogP contribution in [0.1, 0.15) is 6.92 Å². The summed E-state index contributed by atoms with van der Waals surface area (Å²) in [7, 11) is -3.89. The fourth-order valence-electron chi connectivity index (χ4n) is 2.98. The van der Waals surface area contributed by atoms with E-state index in [0.717, 1.165) is 27.4 Å². The summed E-state index contributed by atoms with van der Waals surface area (Å²) in [5.74, 6) is -1.27. The molecule has 0 bridgehead atoms. The van der Waals surface area contributed by atoms with Crippen molar-refractivity contribution in [2.45, 2.75) is 13.0 Å². The van der Waals surface area contributed by atoms with Crippen LogP contribution < -0.4 is 9.62 Å². The van der Waals surface area contributed by atoms with Crippen LogP contribution >= 0.6 is 0 Å². The highest BCUT2D eigenvalue weighted by molar-refractivity contribution is 7.92. The lowest BCUT2D eigenvalue weighted by molar-refractivity contribution is -0.116. The van der Waals surface area contributed by atoms with Gasteiger partial charge in [0.2, 0.25) is 15.9 Å². The molecule has 0 aliphatic heterocycles. The van der Waals surface area contributed by atoms with Crippen LogP contribution in [0.25, 0.3) is 10.8 Å². The van der Waals surface area contributed by atoms with E-state index in [1.165, 1.54) is 25.1 Å². The lowest BCUT2D eigenvalue weighted by Crippen LogP contribution is -2.45. The highest BCUT2D eigenvalue weighted by Crippen LogP contribution is 2.26. The Morgan fingerprint density at radius 1 is 1.00 bits per heavy atom. The minimum absolute atomic E-state index is 0.166. The normalized spacial score (nSPS) is 12.6. The number of nitrogens with zero attached hydrogens (tertiary/aromatic N) is 1. The zero-order valence-corrected chi connectivity index (χ0v) is 15.7. The van der Waals surface area contributed by atoms with Gasteiger partial charge < -0.3 is 5.32 Å². The molecule has 0 unspecified atom stereocenters. The molecule has 1 amide bonds. The van der Waals surface area contributed by atoms with E-state index in [0.29, 0.717) is 5.69 Å². The van der Waals surface area contributed by atoms with Crippen LogP contribution in [0.4, 0.5) is 15.8 Å². The summed E-state index contributed by atoms with van der Waals surface area (Å²) in [6.45, 7) is 1.42. The number of anilines is 2. The third-order valence-electron chi connectivity index (χ3n) is 4.23. The fourth-order valence-corrected chi connectivity index (χ4v) is 4.16. The molecule has 140 valence electrons. The van der Waals surface area contributed by atoms with Crippen LogP contribution in [0.3, 0.4) is 0 Å². The summed E-state index contributed by atoms with van der Waals surface area (Å²) in [5, 5.41) is 4.53. The van der Waals surface area contributed by atoms with Crippen LogP contribution in [-0.2, 0) is 14.8 Å². The van der Waals surface area contributed by atoms with Gasteiger partial charge in [-0.2, -0.15) is 0 Å². The molecule has 5 nitrogen and oxygen atoms in total. The van der Waals surface area contributed by atoms with Crippen LogP contribution in [0.15, 0.2) is 66.7 Å². The van der Waals surface area contributed by atoms with Gasteiger partial charge in [-0.15, -0.1) is 0 Å². The molecule has 3 rings (SSSR count). The van der Waals surface area contributed by atoms with Crippen LogP contribution in [0, 0.1) is 5.82 Å². The van der Waals surface area contributed by atoms with Gasteiger partial charge in [-0.05, 0) is 30.5 Å². The molecule has 3 aromatic carbocycles. The van der Waals surface area contributed by atoms with Crippen molar-refractivity contribution in [2.24, 2.45) is 0 Å². The Labute approximate surface area is 157 Å². The molecule has 1 atom stereocenters. The average molecular weight is 386 g/mol. The predicted octanol–water partition coefficient (Wildman–Crippen LogP) is 3.77. The van der Waals surface area contributed by atoms with Gasteiger partial charge in [0, 0.05) is 11.1 Å². The summed E-state index contributed by atoms with van der Waals surface area (Å²) in [6.07, 6.45) is 0.946. The topological polar surface area (TPSA) is 66.5 Å². The third kappa shape index (κ3) is 3.93. The molecular weight excluding hydrogens is 367 g/mol. The predicted molar refractivity (Wildman–Crippen MR) is 106 cm³/mol. The van der Waals surface area contributed by atoms with E-state index < -0.39 is 27.8 Å². The highest BCUT2D eigenvalue weighted by Gasteiger charge is 2.31. The highest BCUT2D eigenvalue weighted by atomic mass is 32.2. The number of nitrogens with one attached hydrogen (secondary N) is 1. The smallest absolute Gasteiger partial charge is 0.248 e. The number of sulfonamides is 1. The lowest BCUT2D eigenvalue weighted by atomic mass is 10.1. The molecule has 1 N–H and O–H groups in total. The largest absolute Gasteiger partial charge is 0.324 e. The molecule has 0 aliphatic rings. The average Bonchev–Trinajstić information content (AvgIpc) is 2.62. The number of amides is 1. The number of hydrogen-bond acceptors (Lipinski definition) is 3. The third-order valence-corrected chi connectivity index (χ3v) is 5.45. The van der Waals surface area contributed by atoms with E-state index in [-0.39, 0.29) is 5.69 Å². The first-order chi connectivity index (χ1) is 12.8. The first-order valence-electron chi connectivity index (χ1n) is 8.31. The van der Waals surface area contributed by atoms with Crippen molar-refractivity contribution in [2.75, 3.05) is 15.9 Å². The molecule has 0 radical (unpaired) electrons. The van der Waals surface area contributed by atoms with Crippen molar-refractivity contribution < 1.29 is 17.6 Å². The van der Waals surface area contributed by atoms with E-state index in [1.807, 2.05) is 30.3 Å². The maximum atomic E-state index is 14.2. The monoisotopic (exact) mass is 386 g/mol.